The lowest BCUT2D eigenvalue weighted by molar-refractivity contribution is -0.385. The number of anilines is 1. The lowest BCUT2D eigenvalue weighted by atomic mass is 10.1. The van der Waals surface area contributed by atoms with Gasteiger partial charge in [0.2, 0.25) is 5.75 Å². The number of hydrogen-bond donors (Lipinski definition) is 1. The molecule has 33 heavy (non-hydrogen) atoms. The molecule has 0 radical (unpaired) electrons. The first-order valence-corrected chi connectivity index (χ1v) is 9.81. The van der Waals surface area contributed by atoms with Crippen molar-refractivity contribution < 1.29 is 22.8 Å². The summed E-state index contributed by atoms with van der Waals surface area (Å²) in [5.74, 6) is 0.253. The molecule has 0 aliphatic heterocycles. The van der Waals surface area contributed by atoms with Gasteiger partial charge in [0.15, 0.2) is 0 Å². The van der Waals surface area contributed by atoms with Crippen LogP contribution in [0.2, 0.25) is 0 Å². The van der Waals surface area contributed by atoms with Gasteiger partial charge < -0.3 is 15.0 Å². The molecule has 8 nitrogen and oxygen atoms in total. The van der Waals surface area contributed by atoms with Gasteiger partial charge in [-0.1, -0.05) is 12.1 Å². The Morgan fingerprint density at radius 1 is 1.12 bits per heavy atom. The minimum absolute atomic E-state index is 0.123. The second-order valence-corrected chi connectivity index (χ2v) is 7.57. The topological polar surface area (TPSA) is 109 Å². The van der Waals surface area contributed by atoms with Crippen LogP contribution < -0.4 is 10.5 Å². The maximum Gasteiger partial charge on any atom is 0.416 e. The molecule has 0 bridgehead atoms. The molecule has 0 saturated carbocycles. The molecular weight excluding hydrogens is 439 g/mol. The zero-order valence-electron chi connectivity index (χ0n) is 17.5. The second-order valence-electron chi connectivity index (χ2n) is 7.57. The summed E-state index contributed by atoms with van der Waals surface area (Å²) in [5.41, 5.74) is 6.45. The Morgan fingerprint density at radius 3 is 2.42 bits per heavy atom. The lowest BCUT2D eigenvalue weighted by Gasteiger charge is -2.10. The van der Waals surface area contributed by atoms with Gasteiger partial charge in [-0.05, 0) is 43.7 Å². The van der Waals surface area contributed by atoms with Crippen molar-refractivity contribution in [2.24, 2.45) is 0 Å². The second kappa shape index (κ2) is 8.08. The number of halogens is 3. The molecule has 0 fully saturated rings. The first kappa shape index (κ1) is 22.1. The molecular formula is C22H18F3N5O3. The predicted molar refractivity (Wildman–Crippen MR) is 116 cm³/mol. The van der Waals surface area contributed by atoms with Crippen LogP contribution in [0.25, 0.3) is 22.2 Å². The van der Waals surface area contributed by atoms with Crippen LogP contribution in [0.5, 0.6) is 11.5 Å². The molecule has 0 aliphatic carbocycles. The normalized spacial score (nSPS) is 11.8. The van der Waals surface area contributed by atoms with Crippen LogP contribution in [0, 0.1) is 10.1 Å². The fourth-order valence-corrected chi connectivity index (χ4v) is 3.47. The van der Waals surface area contributed by atoms with Crippen molar-refractivity contribution in [3.05, 3.63) is 70.7 Å². The monoisotopic (exact) mass is 457 g/mol. The highest BCUT2D eigenvalue weighted by molar-refractivity contribution is 6.00. The number of nitrogens with zero attached hydrogens (tertiary/aromatic N) is 4. The van der Waals surface area contributed by atoms with Crippen molar-refractivity contribution in [2.75, 3.05) is 5.73 Å². The molecule has 0 saturated heterocycles. The number of aromatic nitrogens is 3. The quantitative estimate of drug-likeness (QED) is 0.292. The van der Waals surface area contributed by atoms with E-state index in [0.29, 0.717) is 22.9 Å². The van der Waals surface area contributed by atoms with Crippen LogP contribution in [0.4, 0.5) is 24.7 Å². The van der Waals surface area contributed by atoms with Gasteiger partial charge in [-0.15, -0.1) is 0 Å². The van der Waals surface area contributed by atoms with Crippen LogP contribution in [0.1, 0.15) is 25.5 Å². The fourth-order valence-electron chi connectivity index (χ4n) is 3.47. The Kier molecular flexibility index (Phi) is 5.40. The summed E-state index contributed by atoms with van der Waals surface area (Å²) < 4.78 is 46.2. The largest absolute Gasteiger partial charge is 0.450 e. The number of nitrogens with two attached hydrogens (primary N) is 1. The Labute approximate surface area is 185 Å². The van der Waals surface area contributed by atoms with Crippen LogP contribution in [0.3, 0.4) is 0 Å². The van der Waals surface area contributed by atoms with Crippen LogP contribution >= 0.6 is 0 Å². The van der Waals surface area contributed by atoms with Gasteiger partial charge in [0, 0.05) is 23.9 Å². The first-order valence-electron chi connectivity index (χ1n) is 9.81. The SMILES string of the molecule is CC(C)n1cc(-c2ccc(Oc3ccc(C(F)(F)F)cc3[N+](=O)[O-])cc2)c2c(N)ncnc21. The summed E-state index contributed by atoms with van der Waals surface area (Å²) in [6, 6.07) is 8.81. The highest BCUT2D eigenvalue weighted by Crippen LogP contribution is 2.39. The predicted octanol–water partition coefficient (Wildman–Crippen LogP) is 5.98. The van der Waals surface area contributed by atoms with Crippen molar-refractivity contribution in [1.29, 1.82) is 0 Å². The van der Waals surface area contributed by atoms with Crippen LogP contribution in [-0.2, 0) is 6.18 Å². The molecule has 2 N–H and O–H groups in total. The Morgan fingerprint density at radius 2 is 1.82 bits per heavy atom. The minimum Gasteiger partial charge on any atom is -0.450 e. The van der Waals surface area contributed by atoms with E-state index >= 15 is 0 Å². The summed E-state index contributed by atoms with van der Waals surface area (Å²) in [6.07, 6.45) is -1.39. The summed E-state index contributed by atoms with van der Waals surface area (Å²) >= 11 is 0. The van der Waals surface area contributed by atoms with E-state index in [1.807, 2.05) is 24.6 Å². The number of alkyl halides is 3. The van der Waals surface area contributed by atoms with E-state index < -0.39 is 22.4 Å². The van der Waals surface area contributed by atoms with Gasteiger partial charge in [-0.2, -0.15) is 13.2 Å². The fraction of sp³-hybridized carbons (Fsp3) is 0.182. The highest BCUT2D eigenvalue weighted by atomic mass is 19.4. The lowest BCUT2D eigenvalue weighted by Crippen LogP contribution is -2.06. The molecule has 4 rings (SSSR count). The van der Waals surface area contributed by atoms with E-state index in [1.165, 1.54) is 6.33 Å². The molecule has 0 unspecified atom stereocenters. The van der Waals surface area contributed by atoms with E-state index in [-0.39, 0.29) is 17.5 Å². The Bertz CT molecular complexity index is 1350. The number of fused-ring (bicyclic) bond motifs is 1. The Balaban J connectivity index is 1.69. The van der Waals surface area contributed by atoms with E-state index in [1.54, 1.807) is 24.3 Å². The number of nitrogen functional groups attached to an aromatic ring is 1. The van der Waals surface area contributed by atoms with Gasteiger partial charge in [-0.25, -0.2) is 9.97 Å². The summed E-state index contributed by atoms with van der Waals surface area (Å²) in [5, 5.41) is 12.0. The number of nitro benzene ring substituents is 1. The smallest absolute Gasteiger partial charge is 0.416 e. The summed E-state index contributed by atoms with van der Waals surface area (Å²) in [4.78, 5) is 18.8. The number of rotatable bonds is 5. The van der Waals surface area contributed by atoms with Crippen LogP contribution in [0.15, 0.2) is 55.0 Å². The minimum atomic E-state index is -4.70. The average molecular weight is 457 g/mol. The first-order chi connectivity index (χ1) is 15.6. The molecule has 2 aromatic carbocycles. The number of nitro groups is 1. The molecule has 4 aromatic rings. The molecule has 11 heteroatoms. The number of benzene rings is 2. The highest BCUT2D eigenvalue weighted by Gasteiger charge is 2.33. The van der Waals surface area contributed by atoms with Crippen molar-refractivity contribution in [2.45, 2.75) is 26.1 Å². The molecule has 2 heterocycles. The molecule has 0 aliphatic rings. The maximum absolute atomic E-state index is 12.9. The molecule has 0 atom stereocenters. The van der Waals surface area contributed by atoms with Crippen molar-refractivity contribution in [3.8, 4) is 22.6 Å². The molecule has 0 spiro atoms. The zero-order valence-corrected chi connectivity index (χ0v) is 17.5. The van der Waals surface area contributed by atoms with Gasteiger partial charge in [-0.3, -0.25) is 10.1 Å². The van der Waals surface area contributed by atoms with Crippen LogP contribution in [-0.4, -0.2) is 19.5 Å². The maximum atomic E-state index is 12.9. The van der Waals surface area contributed by atoms with E-state index in [4.69, 9.17) is 10.5 Å². The van der Waals surface area contributed by atoms with E-state index in [2.05, 4.69) is 9.97 Å². The Hall–Kier alpha value is -4.15. The molecule has 0 amide bonds. The number of hydrogen-bond acceptors (Lipinski definition) is 6. The molecule has 2 aromatic heterocycles. The van der Waals surface area contributed by atoms with Gasteiger partial charge in [0.1, 0.15) is 23.5 Å². The van der Waals surface area contributed by atoms with E-state index in [0.717, 1.165) is 23.3 Å². The third kappa shape index (κ3) is 4.16. The van der Waals surface area contributed by atoms with Gasteiger partial charge in [0.05, 0.1) is 15.9 Å². The van der Waals surface area contributed by atoms with Crippen molar-refractivity contribution >= 4 is 22.5 Å². The van der Waals surface area contributed by atoms with Crippen molar-refractivity contribution in [3.63, 3.8) is 0 Å². The third-order valence-corrected chi connectivity index (χ3v) is 5.07. The summed E-state index contributed by atoms with van der Waals surface area (Å²) in [7, 11) is 0. The van der Waals surface area contributed by atoms with E-state index in [9.17, 15) is 23.3 Å². The standard InChI is InChI=1S/C22H18F3N5O3/c1-12(2)29-10-16(19-20(26)27-11-28-21(19)29)13-3-6-15(7-4-13)33-18-8-5-14(22(23,24)25)9-17(18)30(31)32/h3-12H,1-2H3,(H2,26,27,28). The zero-order chi connectivity index (χ0) is 23.9. The molecule has 170 valence electrons. The third-order valence-electron chi connectivity index (χ3n) is 5.07. The van der Waals surface area contributed by atoms with Crippen molar-refractivity contribution in [1.82, 2.24) is 14.5 Å². The summed E-state index contributed by atoms with van der Waals surface area (Å²) in [6.45, 7) is 4.02. The number of ether oxygens (including phenoxy) is 1. The average Bonchev–Trinajstić information content (AvgIpc) is 3.15. The van der Waals surface area contributed by atoms with Gasteiger partial charge >= 0.3 is 11.9 Å². The van der Waals surface area contributed by atoms with Gasteiger partial charge in [0.25, 0.3) is 0 Å².